The van der Waals surface area contributed by atoms with Crippen molar-refractivity contribution in [2.24, 2.45) is 0 Å². The summed E-state index contributed by atoms with van der Waals surface area (Å²) in [6, 6.07) is 19.1. The summed E-state index contributed by atoms with van der Waals surface area (Å²) in [5.74, 6) is 1.27. The summed E-state index contributed by atoms with van der Waals surface area (Å²) in [6.45, 7) is 5.36. The van der Waals surface area contributed by atoms with Crippen LogP contribution < -0.4 is 4.57 Å². The quantitative estimate of drug-likeness (QED) is 0.605. The Bertz CT molecular complexity index is 681. The molecule has 0 aliphatic heterocycles. The third-order valence-corrected chi connectivity index (χ3v) is 3.46. The molecule has 3 aromatic rings. The van der Waals surface area contributed by atoms with E-state index >= 15 is 0 Å². The first kappa shape index (κ1) is 11.0. The molecule has 0 bridgehead atoms. The maximum atomic E-state index is 2.35. The number of imidazole rings is 1. The molecule has 0 saturated carbocycles. The predicted octanol–water partition coefficient (Wildman–Crippen LogP) is 3.25. The highest BCUT2D eigenvalue weighted by atomic mass is 15.2. The van der Waals surface area contributed by atoms with Gasteiger partial charge in [-0.3, -0.25) is 0 Å². The summed E-state index contributed by atoms with van der Waals surface area (Å²) in [5.41, 5.74) is 3.78. The van der Waals surface area contributed by atoms with Gasteiger partial charge in [-0.2, -0.15) is 4.57 Å². The zero-order valence-corrected chi connectivity index (χ0v) is 10.8. The summed E-state index contributed by atoms with van der Waals surface area (Å²) < 4.78 is 4.67. The molecule has 18 heavy (non-hydrogen) atoms. The van der Waals surface area contributed by atoms with E-state index in [0.29, 0.717) is 0 Å². The summed E-state index contributed by atoms with van der Waals surface area (Å²) in [4.78, 5) is 0. The monoisotopic (exact) mass is 237 g/mol. The maximum absolute atomic E-state index is 2.35. The van der Waals surface area contributed by atoms with E-state index in [1.54, 1.807) is 0 Å². The lowest BCUT2D eigenvalue weighted by molar-refractivity contribution is -0.674. The molecule has 0 saturated heterocycles. The zero-order valence-electron chi connectivity index (χ0n) is 10.8. The fourth-order valence-electron chi connectivity index (χ4n) is 2.65. The lowest BCUT2D eigenvalue weighted by Gasteiger charge is -1.99. The fraction of sp³-hybridized carbons (Fsp3) is 0.188. The van der Waals surface area contributed by atoms with Gasteiger partial charge in [0.1, 0.15) is 5.69 Å². The van der Waals surface area contributed by atoms with Crippen molar-refractivity contribution in [1.82, 2.24) is 4.57 Å². The van der Waals surface area contributed by atoms with Gasteiger partial charge < -0.3 is 0 Å². The van der Waals surface area contributed by atoms with E-state index < -0.39 is 0 Å². The SMILES string of the molecule is CC[n+]1c(C)n(-c2ccccc2)c2ccccc21. The van der Waals surface area contributed by atoms with Crippen molar-refractivity contribution in [2.75, 3.05) is 0 Å². The fourth-order valence-corrected chi connectivity index (χ4v) is 2.65. The molecule has 2 heteroatoms. The summed E-state index contributed by atoms with van der Waals surface area (Å²) >= 11 is 0. The number of aromatic nitrogens is 2. The van der Waals surface area contributed by atoms with Gasteiger partial charge in [0.05, 0.1) is 6.54 Å². The predicted molar refractivity (Wildman–Crippen MR) is 73.9 cm³/mol. The number of hydrogen-bond donors (Lipinski definition) is 0. The Hall–Kier alpha value is -2.09. The molecule has 0 atom stereocenters. The largest absolute Gasteiger partial charge is 0.259 e. The highest BCUT2D eigenvalue weighted by molar-refractivity contribution is 5.74. The summed E-state index contributed by atoms with van der Waals surface area (Å²) in [5, 5.41) is 0. The zero-order chi connectivity index (χ0) is 12.5. The molecule has 0 spiro atoms. The first-order valence-electron chi connectivity index (χ1n) is 6.38. The third kappa shape index (κ3) is 1.53. The van der Waals surface area contributed by atoms with Crippen LogP contribution in [0.15, 0.2) is 54.6 Å². The number of rotatable bonds is 2. The normalized spacial score (nSPS) is 11.0. The molecule has 0 radical (unpaired) electrons. The first-order valence-corrected chi connectivity index (χ1v) is 6.38. The van der Waals surface area contributed by atoms with Gasteiger partial charge in [-0.15, -0.1) is 0 Å². The smallest absolute Gasteiger partial charge is 0.227 e. The minimum Gasteiger partial charge on any atom is -0.227 e. The van der Waals surface area contributed by atoms with Crippen LogP contribution in [0.1, 0.15) is 12.7 Å². The molecule has 0 unspecified atom stereocenters. The van der Waals surface area contributed by atoms with E-state index in [-0.39, 0.29) is 0 Å². The van der Waals surface area contributed by atoms with Gasteiger partial charge in [0.2, 0.25) is 0 Å². The molecule has 1 heterocycles. The Morgan fingerprint density at radius 1 is 0.944 bits per heavy atom. The molecule has 0 aliphatic rings. The topological polar surface area (TPSA) is 8.81 Å². The molecule has 3 rings (SSSR count). The number of aryl methyl sites for hydroxylation is 1. The Labute approximate surface area is 107 Å². The Morgan fingerprint density at radius 2 is 1.61 bits per heavy atom. The van der Waals surface area contributed by atoms with E-state index in [1.165, 1.54) is 22.5 Å². The Kier molecular flexibility index (Phi) is 2.63. The highest BCUT2D eigenvalue weighted by Gasteiger charge is 2.20. The van der Waals surface area contributed by atoms with Crippen molar-refractivity contribution in [3.63, 3.8) is 0 Å². The Balaban J connectivity index is 2.39. The van der Waals surface area contributed by atoms with Gasteiger partial charge in [0, 0.05) is 6.92 Å². The van der Waals surface area contributed by atoms with Gasteiger partial charge in [0.25, 0.3) is 5.82 Å². The average molecular weight is 237 g/mol. The van der Waals surface area contributed by atoms with E-state index in [0.717, 1.165) is 6.54 Å². The number of hydrogen-bond acceptors (Lipinski definition) is 0. The molecular weight excluding hydrogens is 220 g/mol. The van der Waals surface area contributed by atoms with Crippen LogP contribution in [-0.4, -0.2) is 4.57 Å². The third-order valence-electron chi connectivity index (χ3n) is 3.46. The van der Waals surface area contributed by atoms with Gasteiger partial charge in [-0.25, -0.2) is 4.57 Å². The molecule has 2 nitrogen and oxygen atoms in total. The number of benzene rings is 2. The lowest BCUT2D eigenvalue weighted by atomic mass is 10.3. The second kappa shape index (κ2) is 4.30. The van der Waals surface area contributed by atoms with Gasteiger partial charge >= 0.3 is 0 Å². The summed E-state index contributed by atoms with van der Waals surface area (Å²) in [7, 11) is 0. The van der Waals surface area contributed by atoms with Crippen molar-refractivity contribution < 1.29 is 4.57 Å². The minimum absolute atomic E-state index is 0.992. The first-order chi connectivity index (χ1) is 8.83. The van der Waals surface area contributed by atoms with Crippen LogP contribution >= 0.6 is 0 Å². The second-order valence-electron chi connectivity index (χ2n) is 4.45. The van der Waals surface area contributed by atoms with Crippen LogP contribution in [0.3, 0.4) is 0 Å². The van der Waals surface area contributed by atoms with Gasteiger partial charge in [0.15, 0.2) is 11.0 Å². The molecule has 1 aromatic heterocycles. The minimum atomic E-state index is 0.992. The lowest BCUT2D eigenvalue weighted by Crippen LogP contribution is -2.34. The molecule has 90 valence electrons. The number of nitrogens with zero attached hydrogens (tertiary/aromatic N) is 2. The van der Waals surface area contributed by atoms with Crippen molar-refractivity contribution >= 4 is 11.0 Å². The highest BCUT2D eigenvalue weighted by Crippen LogP contribution is 2.19. The van der Waals surface area contributed by atoms with Crippen LogP contribution in [-0.2, 0) is 6.54 Å². The molecule has 0 amide bonds. The molecule has 0 N–H and O–H groups in total. The van der Waals surface area contributed by atoms with Gasteiger partial charge in [-0.05, 0) is 31.2 Å². The number of fused-ring (bicyclic) bond motifs is 1. The van der Waals surface area contributed by atoms with Crippen molar-refractivity contribution in [2.45, 2.75) is 20.4 Å². The van der Waals surface area contributed by atoms with Crippen molar-refractivity contribution in [3.8, 4) is 5.69 Å². The second-order valence-corrected chi connectivity index (χ2v) is 4.45. The molecule has 2 aromatic carbocycles. The van der Waals surface area contributed by atoms with E-state index in [2.05, 4.69) is 77.6 Å². The van der Waals surface area contributed by atoms with Crippen LogP contribution in [0.2, 0.25) is 0 Å². The summed E-state index contributed by atoms with van der Waals surface area (Å²) in [6.07, 6.45) is 0. The standard InChI is InChI=1S/C16H17N2/c1-3-17-13(2)18(14-9-5-4-6-10-14)16-12-8-7-11-15(16)17/h4-12H,3H2,1-2H3/q+1. The van der Waals surface area contributed by atoms with E-state index in [4.69, 9.17) is 0 Å². The van der Waals surface area contributed by atoms with Crippen LogP contribution in [0.4, 0.5) is 0 Å². The van der Waals surface area contributed by atoms with Gasteiger partial charge in [-0.1, -0.05) is 30.3 Å². The van der Waals surface area contributed by atoms with Crippen LogP contribution in [0.5, 0.6) is 0 Å². The van der Waals surface area contributed by atoms with E-state index in [1.807, 2.05) is 0 Å². The molecular formula is C16H17N2+. The molecule has 0 aliphatic carbocycles. The Morgan fingerprint density at radius 3 is 2.33 bits per heavy atom. The van der Waals surface area contributed by atoms with Crippen molar-refractivity contribution in [3.05, 3.63) is 60.4 Å². The molecule has 0 fully saturated rings. The number of para-hydroxylation sites is 3. The van der Waals surface area contributed by atoms with Crippen LogP contribution in [0.25, 0.3) is 16.7 Å². The van der Waals surface area contributed by atoms with Crippen molar-refractivity contribution in [1.29, 1.82) is 0 Å². The van der Waals surface area contributed by atoms with Crippen LogP contribution in [0, 0.1) is 6.92 Å². The average Bonchev–Trinajstić information content (AvgIpc) is 2.71. The maximum Gasteiger partial charge on any atom is 0.259 e. The van der Waals surface area contributed by atoms with E-state index in [9.17, 15) is 0 Å².